The zero-order chi connectivity index (χ0) is 36.6. The molecule has 2 N–H and O–H groups in total. The van der Waals surface area contributed by atoms with E-state index in [0.717, 1.165) is 61.2 Å². The topological polar surface area (TPSA) is 49.6 Å². The molecular formula is C51H37N3O. The summed E-state index contributed by atoms with van der Waals surface area (Å²) in [4.78, 5) is 5.25. The van der Waals surface area contributed by atoms with Crippen molar-refractivity contribution in [2.45, 2.75) is 12.3 Å². The fourth-order valence-corrected chi connectivity index (χ4v) is 7.77. The van der Waals surface area contributed by atoms with Crippen molar-refractivity contribution in [2.75, 3.05) is 0 Å². The number of para-hydroxylation sites is 1. The summed E-state index contributed by atoms with van der Waals surface area (Å²) in [6.07, 6.45) is -0.507. The molecule has 1 aromatic heterocycles. The van der Waals surface area contributed by atoms with E-state index >= 15 is 0 Å². The average molecular weight is 708 g/mol. The third-order valence-electron chi connectivity index (χ3n) is 10.6. The van der Waals surface area contributed by atoms with Crippen molar-refractivity contribution in [1.29, 1.82) is 0 Å². The molecule has 0 saturated heterocycles. The molecule has 55 heavy (non-hydrogen) atoms. The van der Waals surface area contributed by atoms with Crippen LogP contribution in [0.25, 0.3) is 66.4 Å². The van der Waals surface area contributed by atoms with Crippen molar-refractivity contribution < 1.29 is 4.42 Å². The van der Waals surface area contributed by atoms with Gasteiger partial charge in [0.1, 0.15) is 29.3 Å². The Morgan fingerprint density at radius 1 is 0.418 bits per heavy atom. The van der Waals surface area contributed by atoms with Gasteiger partial charge in [0.05, 0.1) is 0 Å². The summed E-state index contributed by atoms with van der Waals surface area (Å²) < 4.78 is 6.71. The normalized spacial score (nSPS) is 15.5. The second-order valence-corrected chi connectivity index (χ2v) is 14.0. The van der Waals surface area contributed by atoms with Gasteiger partial charge in [-0.1, -0.05) is 194 Å². The Bertz CT molecular complexity index is 2770. The molecule has 2 atom stereocenters. The second-order valence-electron chi connectivity index (χ2n) is 14.0. The Balaban J connectivity index is 1.02. The maximum Gasteiger partial charge on any atom is 0.143 e. The van der Waals surface area contributed by atoms with E-state index in [2.05, 4.69) is 187 Å². The highest BCUT2D eigenvalue weighted by Gasteiger charge is 2.29. The highest BCUT2D eigenvalue weighted by atomic mass is 16.3. The second kappa shape index (κ2) is 14.1. The van der Waals surface area contributed by atoms with Crippen LogP contribution in [0.15, 0.2) is 210 Å². The first-order valence-corrected chi connectivity index (χ1v) is 18.8. The highest BCUT2D eigenvalue weighted by Crippen LogP contribution is 2.41. The van der Waals surface area contributed by atoms with E-state index in [9.17, 15) is 0 Å². The standard InChI is InChI=1S/C51H37N3O/c1-4-12-34(13-5-1)36-20-22-38(23-21-36)39-26-30-42(31-27-39)50-52-49(41-16-8-3-9-17-41)53-51(54-50)45-33-32-43(48-47(45)44-18-10-11-19-46(44)55-48)40-28-24-37(25-29-40)35-14-6-2-7-15-35/h1-33,49,51,53H,(H,52,54). The number of amidine groups is 1. The van der Waals surface area contributed by atoms with Gasteiger partial charge in [-0.15, -0.1) is 0 Å². The van der Waals surface area contributed by atoms with Gasteiger partial charge in [-0.2, -0.15) is 0 Å². The summed E-state index contributed by atoms with van der Waals surface area (Å²) in [6.45, 7) is 0. The number of furan rings is 1. The molecule has 0 radical (unpaired) electrons. The number of nitrogens with zero attached hydrogens (tertiary/aromatic N) is 1. The molecule has 0 aliphatic carbocycles. The summed E-state index contributed by atoms with van der Waals surface area (Å²) in [5.41, 5.74) is 14.3. The lowest BCUT2D eigenvalue weighted by Crippen LogP contribution is -2.45. The smallest absolute Gasteiger partial charge is 0.143 e. The van der Waals surface area contributed by atoms with Gasteiger partial charge < -0.3 is 9.73 Å². The van der Waals surface area contributed by atoms with Gasteiger partial charge in [0.15, 0.2) is 0 Å². The minimum absolute atomic E-state index is 0.249. The van der Waals surface area contributed by atoms with Crippen LogP contribution < -0.4 is 10.6 Å². The SMILES string of the molecule is c1ccc(-c2ccc(-c3ccc(C4=NC(c5ccccc5)NC(c5ccc(-c6ccc(-c7ccccc7)cc6)c6oc7ccccc7c56)N4)cc3)cc2)cc1. The molecule has 4 nitrogen and oxygen atoms in total. The van der Waals surface area contributed by atoms with Gasteiger partial charge in [0, 0.05) is 27.5 Å². The Morgan fingerprint density at radius 2 is 0.891 bits per heavy atom. The molecule has 1 aliphatic heterocycles. The van der Waals surface area contributed by atoms with Gasteiger partial charge in [0.2, 0.25) is 0 Å². The highest BCUT2D eigenvalue weighted by molar-refractivity contribution is 6.12. The first-order chi connectivity index (χ1) is 27.2. The summed E-state index contributed by atoms with van der Waals surface area (Å²) in [7, 11) is 0. The van der Waals surface area contributed by atoms with E-state index < -0.39 is 0 Å². The molecule has 1 aliphatic rings. The van der Waals surface area contributed by atoms with Crippen LogP contribution in [0.3, 0.4) is 0 Å². The van der Waals surface area contributed by atoms with E-state index in [4.69, 9.17) is 9.41 Å². The lowest BCUT2D eigenvalue weighted by molar-refractivity contribution is 0.411. The summed E-state index contributed by atoms with van der Waals surface area (Å²) in [5.74, 6) is 0.838. The molecule has 9 aromatic rings. The van der Waals surface area contributed by atoms with E-state index in [-0.39, 0.29) is 12.3 Å². The molecule has 0 fully saturated rings. The van der Waals surface area contributed by atoms with Crippen LogP contribution in [-0.2, 0) is 0 Å². The number of fused-ring (bicyclic) bond motifs is 3. The zero-order valence-corrected chi connectivity index (χ0v) is 30.1. The summed E-state index contributed by atoms with van der Waals surface area (Å²) >= 11 is 0. The van der Waals surface area contributed by atoms with Crippen LogP contribution in [0.1, 0.15) is 29.0 Å². The third-order valence-corrected chi connectivity index (χ3v) is 10.6. The number of hydrogen-bond donors (Lipinski definition) is 2. The maximum atomic E-state index is 6.71. The van der Waals surface area contributed by atoms with Crippen LogP contribution in [0.5, 0.6) is 0 Å². The van der Waals surface area contributed by atoms with Crippen molar-refractivity contribution >= 4 is 27.8 Å². The van der Waals surface area contributed by atoms with Gasteiger partial charge in [-0.3, -0.25) is 5.32 Å². The van der Waals surface area contributed by atoms with E-state index in [1.54, 1.807) is 0 Å². The molecule has 10 rings (SSSR count). The van der Waals surface area contributed by atoms with Crippen molar-refractivity contribution in [2.24, 2.45) is 4.99 Å². The molecule has 8 aromatic carbocycles. The van der Waals surface area contributed by atoms with E-state index in [0.29, 0.717) is 0 Å². The molecular weight excluding hydrogens is 671 g/mol. The fraction of sp³-hybridized carbons (Fsp3) is 0.0392. The number of rotatable bonds is 7. The largest absolute Gasteiger partial charge is 0.455 e. The van der Waals surface area contributed by atoms with Gasteiger partial charge >= 0.3 is 0 Å². The molecule has 262 valence electrons. The fourth-order valence-electron chi connectivity index (χ4n) is 7.77. The molecule has 0 spiro atoms. The quantitative estimate of drug-likeness (QED) is 0.173. The summed E-state index contributed by atoms with van der Waals surface area (Å²) in [5, 5.41) is 9.81. The zero-order valence-electron chi connectivity index (χ0n) is 30.1. The summed E-state index contributed by atoms with van der Waals surface area (Å²) in [6, 6.07) is 70.4. The number of benzene rings is 8. The third kappa shape index (κ3) is 6.29. The molecule has 2 unspecified atom stereocenters. The van der Waals surface area contributed by atoms with Crippen LogP contribution in [0, 0.1) is 0 Å². The van der Waals surface area contributed by atoms with Gasteiger partial charge in [-0.25, -0.2) is 4.99 Å². The van der Waals surface area contributed by atoms with Crippen molar-refractivity contribution in [3.63, 3.8) is 0 Å². The van der Waals surface area contributed by atoms with Crippen LogP contribution >= 0.6 is 0 Å². The molecule has 2 heterocycles. The predicted octanol–water partition coefficient (Wildman–Crippen LogP) is 12.6. The van der Waals surface area contributed by atoms with Crippen molar-refractivity contribution in [3.8, 4) is 44.5 Å². The Hall–Kier alpha value is -7.01. The predicted molar refractivity (Wildman–Crippen MR) is 227 cm³/mol. The molecule has 0 saturated carbocycles. The van der Waals surface area contributed by atoms with E-state index in [1.807, 2.05) is 24.3 Å². The first-order valence-electron chi connectivity index (χ1n) is 18.8. The van der Waals surface area contributed by atoms with Crippen LogP contribution in [0.2, 0.25) is 0 Å². The number of aliphatic imine (C=N–C) groups is 1. The number of hydrogen-bond acceptors (Lipinski definition) is 4. The van der Waals surface area contributed by atoms with Gasteiger partial charge in [0.25, 0.3) is 0 Å². The van der Waals surface area contributed by atoms with Crippen molar-refractivity contribution in [1.82, 2.24) is 10.6 Å². The first kappa shape index (κ1) is 32.6. The van der Waals surface area contributed by atoms with Gasteiger partial charge in [-0.05, 0) is 50.6 Å². The Morgan fingerprint density at radius 3 is 1.47 bits per heavy atom. The van der Waals surface area contributed by atoms with Crippen molar-refractivity contribution in [3.05, 3.63) is 217 Å². The Kier molecular flexibility index (Phi) is 8.36. The minimum Gasteiger partial charge on any atom is -0.455 e. The van der Waals surface area contributed by atoms with Crippen LogP contribution in [-0.4, -0.2) is 5.84 Å². The molecule has 0 amide bonds. The maximum absolute atomic E-state index is 6.71. The van der Waals surface area contributed by atoms with Crippen LogP contribution in [0.4, 0.5) is 0 Å². The van der Waals surface area contributed by atoms with E-state index in [1.165, 1.54) is 27.8 Å². The molecule has 0 bridgehead atoms. The minimum atomic E-state index is -0.258. The average Bonchev–Trinajstić information content (AvgIpc) is 3.67. The lowest BCUT2D eigenvalue weighted by Gasteiger charge is -2.32. The monoisotopic (exact) mass is 707 g/mol. The number of nitrogens with one attached hydrogen (secondary N) is 2. The Labute approximate surface area is 320 Å². The lowest BCUT2D eigenvalue weighted by atomic mass is 9.95. The molecule has 4 heteroatoms.